The fourth-order valence-electron chi connectivity index (χ4n) is 2.85. The summed E-state index contributed by atoms with van der Waals surface area (Å²) in [6.45, 7) is 3.21. The van der Waals surface area contributed by atoms with Crippen LogP contribution in [0.2, 0.25) is 0 Å². The minimum Gasteiger partial charge on any atom is -0.375 e. The third kappa shape index (κ3) is 4.11. The molecule has 0 spiro atoms. The van der Waals surface area contributed by atoms with E-state index in [9.17, 15) is 4.79 Å². The molecular weight excluding hydrogens is 326 g/mol. The molecule has 0 saturated carbocycles. The molecule has 0 bridgehead atoms. The highest BCUT2D eigenvalue weighted by Gasteiger charge is 2.21. The van der Waals surface area contributed by atoms with Gasteiger partial charge in [0.05, 0.1) is 0 Å². The fraction of sp³-hybridized carbons (Fsp3) is 0.238. The van der Waals surface area contributed by atoms with Crippen LogP contribution in [0.1, 0.15) is 22.5 Å². The maximum Gasteiger partial charge on any atom is 0.257 e. The third-order valence-corrected chi connectivity index (χ3v) is 4.29. The number of amides is 1. The Morgan fingerprint density at radius 3 is 2.42 bits per heavy atom. The van der Waals surface area contributed by atoms with Crippen LogP contribution in [0, 0.1) is 6.92 Å². The number of nitrogens with zero attached hydrogens (tertiary/aromatic N) is 2. The molecule has 0 aliphatic carbocycles. The number of anilines is 1. The molecule has 0 aliphatic heterocycles. The maximum atomic E-state index is 12.6. The molecule has 134 valence electrons. The topological polar surface area (TPSA) is 58.4 Å². The summed E-state index contributed by atoms with van der Waals surface area (Å²) in [5.74, 6) is 0.382. The Bertz CT molecular complexity index is 844. The SMILES string of the molecule is Cc1onc(-c2ccccc2)c1C(=O)NCCCN(C)c1ccccc1. The summed E-state index contributed by atoms with van der Waals surface area (Å²) in [6, 6.07) is 19.8. The van der Waals surface area contributed by atoms with Gasteiger partial charge in [-0.25, -0.2) is 0 Å². The zero-order valence-electron chi connectivity index (χ0n) is 15.1. The van der Waals surface area contributed by atoms with Crippen molar-refractivity contribution in [3.05, 3.63) is 72.0 Å². The van der Waals surface area contributed by atoms with Gasteiger partial charge in [-0.05, 0) is 25.5 Å². The molecule has 5 heteroatoms. The Morgan fingerprint density at radius 2 is 1.73 bits per heavy atom. The highest BCUT2D eigenvalue weighted by Crippen LogP contribution is 2.24. The molecule has 26 heavy (non-hydrogen) atoms. The van der Waals surface area contributed by atoms with Crippen molar-refractivity contribution in [3.63, 3.8) is 0 Å². The van der Waals surface area contributed by atoms with Gasteiger partial charge in [-0.2, -0.15) is 0 Å². The summed E-state index contributed by atoms with van der Waals surface area (Å²) in [4.78, 5) is 14.8. The summed E-state index contributed by atoms with van der Waals surface area (Å²) < 4.78 is 5.25. The molecule has 1 amide bonds. The normalized spacial score (nSPS) is 10.5. The lowest BCUT2D eigenvalue weighted by Crippen LogP contribution is -2.28. The van der Waals surface area contributed by atoms with Crippen LogP contribution in [0.4, 0.5) is 5.69 Å². The van der Waals surface area contributed by atoms with Gasteiger partial charge in [0.2, 0.25) is 0 Å². The number of carbonyl (C=O) groups is 1. The van der Waals surface area contributed by atoms with Crippen LogP contribution in [0.5, 0.6) is 0 Å². The monoisotopic (exact) mass is 349 g/mol. The van der Waals surface area contributed by atoms with E-state index in [4.69, 9.17) is 4.52 Å². The Labute approximate surface area is 153 Å². The summed E-state index contributed by atoms with van der Waals surface area (Å²) in [7, 11) is 2.05. The van der Waals surface area contributed by atoms with Crippen molar-refractivity contribution in [1.82, 2.24) is 10.5 Å². The van der Waals surface area contributed by atoms with E-state index < -0.39 is 0 Å². The molecule has 5 nitrogen and oxygen atoms in total. The second-order valence-corrected chi connectivity index (χ2v) is 6.19. The van der Waals surface area contributed by atoms with E-state index in [0.717, 1.165) is 18.5 Å². The van der Waals surface area contributed by atoms with Crippen LogP contribution >= 0.6 is 0 Å². The predicted molar refractivity (Wildman–Crippen MR) is 103 cm³/mol. The average Bonchev–Trinajstić information content (AvgIpc) is 3.08. The van der Waals surface area contributed by atoms with Gasteiger partial charge in [-0.1, -0.05) is 53.7 Å². The van der Waals surface area contributed by atoms with Crippen molar-refractivity contribution in [2.75, 3.05) is 25.0 Å². The fourth-order valence-corrected chi connectivity index (χ4v) is 2.85. The standard InChI is InChI=1S/C21H23N3O2/c1-16-19(20(23-26-16)17-10-5-3-6-11-17)21(25)22-14-9-15-24(2)18-12-7-4-8-13-18/h3-8,10-13H,9,14-15H2,1-2H3,(H,22,25). The zero-order valence-corrected chi connectivity index (χ0v) is 15.1. The van der Waals surface area contributed by atoms with Crippen molar-refractivity contribution < 1.29 is 9.32 Å². The van der Waals surface area contributed by atoms with E-state index >= 15 is 0 Å². The first-order chi connectivity index (χ1) is 12.7. The molecule has 0 atom stereocenters. The molecule has 1 N–H and O–H groups in total. The van der Waals surface area contributed by atoms with Gasteiger partial charge >= 0.3 is 0 Å². The number of rotatable bonds is 7. The van der Waals surface area contributed by atoms with E-state index in [1.54, 1.807) is 6.92 Å². The number of aryl methyl sites for hydroxylation is 1. The molecule has 0 radical (unpaired) electrons. The second kappa shape index (κ2) is 8.34. The van der Waals surface area contributed by atoms with E-state index in [0.29, 0.717) is 23.6 Å². The highest BCUT2D eigenvalue weighted by molar-refractivity contribution is 6.00. The maximum absolute atomic E-state index is 12.6. The van der Waals surface area contributed by atoms with Crippen LogP contribution in [0.3, 0.4) is 0 Å². The van der Waals surface area contributed by atoms with Gasteiger partial charge in [0.1, 0.15) is 17.0 Å². The quantitative estimate of drug-likeness (QED) is 0.657. The van der Waals surface area contributed by atoms with Crippen LogP contribution < -0.4 is 10.2 Å². The van der Waals surface area contributed by atoms with Crippen LogP contribution in [0.25, 0.3) is 11.3 Å². The minimum atomic E-state index is -0.148. The summed E-state index contributed by atoms with van der Waals surface area (Å²) in [5, 5.41) is 7.04. The number of para-hydroxylation sites is 1. The largest absolute Gasteiger partial charge is 0.375 e. The van der Waals surface area contributed by atoms with Gasteiger partial charge in [0.15, 0.2) is 0 Å². The van der Waals surface area contributed by atoms with E-state index in [2.05, 4.69) is 34.6 Å². The van der Waals surface area contributed by atoms with Crippen molar-refractivity contribution in [1.29, 1.82) is 0 Å². The predicted octanol–water partition coefficient (Wildman–Crippen LogP) is 3.91. The summed E-state index contributed by atoms with van der Waals surface area (Å²) >= 11 is 0. The van der Waals surface area contributed by atoms with Crippen LogP contribution in [-0.4, -0.2) is 31.2 Å². The molecule has 1 heterocycles. The first kappa shape index (κ1) is 17.7. The number of nitrogens with one attached hydrogen (secondary N) is 1. The lowest BCUT2D eigenvalue weighted by molar-refractivity contribution is 0.0952. The van der Waals surface area contributed by atoms with Gasteiger partial charge in [-0.15, -0.1) is 0 Å². The molecular formula is C21H23N3O2. The Balaban J connectivity index is 1.57. The minimum absolute atomic E-state index is 0.148. The molecule has 3 rings (SSSR count). The highest BCUT2D eigenvalue weighted by atomic mass is 16.5. The Morgan fingerprint density at radius 1 is 1.08 bits per heavy atom. The van der Waals surface area contributed by atoms with Crippen LogP contribution in [-0.2, 0) is 0 Å². The molecule has 0 aliphatic rings. The van der Waals surface area contributed by atoms with Gasteiger partial charge in [0, 0.05) is 31.4 Å². The number of hydrogen-bond donors (Lipinski definition) is 1. The van der Waals surface area contributed by atoms with Crippen molar-refractivity contribution >= 4 is 11.6 Å². The van der Waals surface area contributed by atoms with E-state index in [1.165, 1.54) is 5.69 Å². The van der Waals surface area contributed by atoms with Crippen LogP contribution in [0.15, 0.2) is 65.2 Å². The summed E-state index contributed by atoms with van der Waals surface area (Å²) in [5.41, 5.74) is 3.13. The molecule has 3 aromatic rings. The van der Waals surface area contributed by atoms with Gasteiger partial charge < -0.3 is 14.7 Å². The molecule has 1 aromatic heterocycles. The Hall–Kier alpha value is -3.08. The first-order valence-corrected chi connectivity index (χ1v) is 8.73. The number of hydrogen-bond acceptors (Lipinski definition) is 4. The first-order valence-electron chi connectivity index (χ1n) is 8.73. The van der Waals surface area contributed by atoms with E-state index in [-0.39, 0.29) is 5.91 Å². The molecule has 0 saturated heterocycles. The lowest BCUT2D eigenvalue weighted by Gasteiger charge is -2.19. The smallest absolute Gasteiger partial charge is 0.257 e. The van der Waals surface area contributed by atoms with Crippen molar-refractivity contribution in [3.8, 4) is 11.3 Å². The number of benzene rings is 2. The number of aromatic nitrogens is 1. The molecule has 0 fully saturated rings. The third-order valence-electron chi connectivity index (χ3n) is 4.29. The lowest BCUT2D eigenvalue weighted by atomic mass is 10.1. The zero-order chi connectivity index (χ0) is 18.4. The van der Waals surface area contributed by atoms with E-state index in [1.807, 2.05) is 48.5 Å². The summed E-state index contributed by atoms with van der Waals surface area (Å²) in [6.07, 6.45) is 0.849. The average molecular weight is 349 g/mol. The van der Waals surface area contributed by atoms with Gasteiger partial charge in [0.25, 0.3) is 5.91 Å². The number of carbonyl (C=O) groups excluding carboxylic acids is 1. The molecule has 2 aromatic carbocycles. The second-order valence-electron chi connectivity index (χ2n) is 6.19. The van der Waals surface area contributed by atoms with Crippen molar-refractivity contribution in [2.24, 2.45) is 0 Å². The Kier molecular flexibility index (Phi) is 5.69. The van der Waals surface area contributed by atoms with Gasteiger partial charge in [-0.3, -0.25) is 4.79 Å². The molecule has 0 unspecified atom stereocenters. The van der Waals surface area contributed by atoms with Crippen molar-refractivity contribution in [2.45, 2.75) is 13.3 Å².